The van der Waals surface area contributed by atoms with Crippen molar-refractivity contribution in [3.63, 3.8) is 0 Å². The van der Waals surface area contributed by atoms with Crippen LogP contribution in [0.5, 0.6) is 11.5 Å². The molecular formula is C24H31NO6S. The molecule has 32 heavy (non-hydrogen) atoms. The Labute approximate surface area is 190 Å². The van der Waals surface area contributed by atoms with Crippen molar-refractivity contribution in [2.24, 2.45) is 0 Å². The zero-order valence-corrected chi connectivity index (χ0v) is 20.3. The van der Waals surface area contributed by atoms with Gasteiger partial charge >= 0.3 is 5.97 Å². The first-order valence-corrected chi connectivity index (χ1v) is 11.9. The second-order valence-corrected chi connectivity index (χ2v) is 10.7. The van der Waals surface area contributed by atoms with E-state index in [-0.39, 0.29) is 23.3 Å². The number of benzene rings is 2. The maximum absolute atomic E-state index is 13.6. The van der Waals surface area contributed by atoms with Crippen LogP contribution in [-0.2, 0) is 31.4 Å². The summed E-state index contributed by atoms with van der Waals surface area (Å²) in [5, 5.41) is 0. The van der Waals surface area contributed by atoms with Crippen molar-refractivity contribution in [1.82, 2.24) is 4.31 Å². The molecular weight excluding hydrogens is 430 g/mol. The molecule has 0 fully saturated rings. The summed E-state index contributed by atoms with van der Waals surface area (Å²) in [7, 11) is 0.519. The number of hydrogen-bond donors (Lipinski definition) is 0. The summed E-state index contributed by atoms with van der Waals surface area (Å²) >= 11 is 0. The normalized spacial score (nSPS) is 16.9. The number of methoxy groups -OCH3 is 3. The van der Waals surface area contributed by atoms with Crippen LogP contribution in [0.4, 0.5) is 0 Å². The minimum absolute atomic E-state index is 0.0879. The van der Waals surface area contributed by atoms with Gasteiger partial charge in [-0.3, -0.25) is 4.79 Å². The number of rotatable bonds is 6. The first-order chi connectivity index (χ1) is 15.0. The van der Waals surface area contributed by atoms with Crippen molar-refractivity contribution in [2.45, 2.75) is 50.0 Å². The van der Waals surface area contributed by atoms with Gasteiger partial charge in [-0.05, 0) is 52.8 Å². The van der Waals surface area contributed by atoms with Gasteiger partial charge in [0.2, 0.25) is 10.0 Å². The monoisotopic (exact) mass is 461 g/mol. The Hall–Kier alpha value is -2.58. The third kappa shape index (κ3) is 4.61. The second kappa shape index (κ2) is 9.11. The number of ether oxygens (including phenoxy) is 3. The van der Waals surface area contributed by atoms with Gasteiger partial charge in [0.1, 0.15) is 0 Å². The Morgan fingerprint density at radius 2 is 1.62 bits per heavy atom. The van der Waals surface area contributed by atoms with Gasteiger partial charge in [0.25, 0.3) is 0 Å². The second-order valence-electron chi connectivity index (χ2n) is 8.84. The number of esters is 1. The highest BCUT2D eigenvalue weighted by Gasteiger charge is 2.38. The number of carbonyl (C=O) groups excluding carboxylic acids is 1. The highest BCUT2D eigenvalue weighted by Crippen LogP contribution is 2.41. The topological polar surface area (TPSA) is 82.1 Å². The molecule has 1 aliphatic heterocycles. The maximum Gasteiger partial charge on any atom is 0.307 e. The molecule has 2 aromatic carbocycles. The van der Waals surface area contributed by atoms with Crippen molar-refractivity contribution < 1.29 is 27.4 Å². The first kappa shape index (κ1) is 24.1. The highest BCUT2D eigenvalue weighted by molar-refractivity contribution is 7.89. The third-order valence-electron chi connectivity index (χ3n) is 5.87. The number of carbonyl (C=O) groups is 1. The lowest BCUT2D eigenvalue weighted by Crippen LogP contribution is -2.41. The van der Waals surface area contributed by atoms with E-state index in [0.717, 1.165) is 11.1 Å². The van der Waals surface area contributed by atoms with E-state index in [0.29, 0.717) is 23.5 Å². The van der Waals surface area contributed by atoms with E-state index in [9.17, 15) is 13.2 Å². The van der Waals surface area contributed by atoms with Gasteiger partial charge in [0, 0.05) is 6.54 Å². The van der Waals surface area contributed by atoms with Gasteiger partial charge in [-0.2, -0.15) is 4.31 Å². The van der Waals surface area contributed by atoms with E-state index in [1.807, 2.05) is 18.2 Å². The molecule has 3 rings (SSSR count). The third-order valence-corrected chi connectivity index (χ3v) is 7.79. The fourth-order valence-corrected chi connectivity index (χ4v) is 5.61. The smallest absolute Gasteiger partial charge is 0.307 e. The molecule has 174 valence electrons. The van der Waals surface area contributed by atoms with Gasteiger partial charge in [0.05, 0.1) is 38.7 Å². The lowest BCUT2D eigenvalue weighted by Gasteiger charge is -2.36. The van der Waals surface area contributed by atoms with E-state index in [1.165, 1.54) is 18.5 Å². The van der Waals surface area contributed by atoms with E-state index in [4.69, 9.17) is 14.2 Å². The van der Waals surface area contributed by atoms with Crippen molar-refractivity contribution >= 4 is 16.0 Å². The van der Waals surface area contributed by atoms with Crippen LogP contribution in [0.25, 0.3) is 0 Å². The highest BCUT2D eigenvalue weighted by atomic mass is 32.2. The fourth-order valence-electron chi connectivity index (χ4n) is 4.01. The summed E-state index contributed by atoms with van der Waals surface area (Å²) in [6, 6.07) is 9.84. The molecule has 0 bridgehead atoms. The molecule has 8 heteroatoms. The van der Waals surface area contributed by atoms with Crippen LogP contribution in [0.3, 0.4) is 0 Å². The molecule has 0 radical (unpaired) electrons. The molecule has 1 heterocycles. The van der Waals surface area contributed by atoms with Crippen molar-refractivity contribution in [1.29, 1.82) is 0 Å². The molecule has 1 atom stereocenters. The number of sulfonamides is 1. The largest absolute Gasteiger partial charge is 0.493 e. The van der Waals surface area contributed by atoms with Crippen LogP contribution in [-0.4, -0.2) is 46.6 Å². The lowest BCUT2D eigenvalue weighted by atomic mass is 9.87. The van der Waals surface area contributed by atoms with Crippen LogP contribution < -0.4 is 9.47 Å². The predicted octanol–water partition coefficient (Wildman–Crippen LogP) is 3.85. The molecule has 0 amide bonds. The number of hydrogen-bond acceptors (Lipinski definition) is 6. The average Bonchev–Trinajstić information content (AvgIpc) is 2.77. The molecule has 0 saturated carbocycles. The summed E-state index contributed by atoms with van der Waals surface area (Å²) < 4.78 is 44.4. The molecule has 0 aromatic heterocycles. The number of fused-ring (bicyclic) bond motifs is 1. The Bertz CT molecular complexity index is 1090. The summed E-state index contributed by atoms with van der Waals surface area (Å²) in [6.07, 6.45) is 0.394. The summed E-state index contributed by atoms with van der Waals surface area (Å²) in [5.41, 5.74) is 2.60. The molecule has 0 saturated heterocycles. The zero-order chi connectivity index (χ0) is 23.7. The molecule has 0 spiro atoms. The summed E-state index contributed by atoms with van der Waals surface area (Å²) in [6.45, 7) is 6.47. The van der Waals surface area contributed by atoms with E-state index in [1.54, 1.807) is 25.3 Å². The van der Waals surface area contributed by atoms with Gasteiger partial charge in [-0.25, -0.2) is 8.42 Å². The standard InChI is InChI=1S/C24H31NO6S/c1-24(2,3)17-7-9-18(10-8-17)32(27,28)25-12-11-16-13-21(29-4)22(30-5)14-19(16)20(25)15-23(26)31-6/h7-10,13-14,20H,11-12,15H2,1-6H3/t20-/m0/s1. The predicted molar refractivity (Wildman–Crippen MR) is 122 cm³/mol. The van der Waals surface area contributed by atoms with Gasteiger partial charge in [0.15, 0.2) is 11.5 Å². The minimum Gasteiger partial charge on any atom is -0.493 e. The lowest BCUT2D eigenvalue weighted by molar-refractivity contribution is -0.141. The van der Waals surface area contributed by atoms with Crippen LogP contribution in [0, 0.1) is 0 Å². The maximum atomic E-state index is 13.6. The van der Waals surface area contributed by atoms with Gasteiger partial charge in [-0.15, -0.1) is 0 Å². The van der Waals surface area contributed by atoms with Crippen molar-refractivity contribution in [3.8, 4) is 11.5 Å². The molecule has 1 aliphatic rings. The Morgan fingerprint density at radius 3 is 2.16 bits per heavy atom. The van der Waals surface area contributed by atoms with Crippen LogP contribution in [0.15, 0.2) is 41.3 Å². The van der Waals surface area contributed by atoms with Crippen LogP contribution in [0.2, 0.25) is 0 Å². The summed E-state index contributed by atoms with van der Waals surface area (Å²) in [4.78, 5) is 12.4. The van der Waals surface area contributed by atoms with E-state index >= 15 is 0 Å². The zero-order valence-electron chi connectivity index (χ0n) is 19.5. The molecule has 0 aliphatic carbocycles. The Balaban J connectivity index is 2.07. The molecule has 2 aromatic rings. The molecule has 0 N–H and O–H groups in total. The number of nitrogens with zero attached hydrogens (tertiary/aromatic N) is 1. The minimum atomic E-state index is -3.85. The van der Waals surface area contributed by atoms with Crippen molar-refractivity contribution in [3.05, 3.63) is 53.1 Å². The van der Waals surface area contributed by atoms with Crippen molar-refractivity contribution in [2.75, 3.05) is 27.9 Å². The Kier molecular flexibility index (Phi) is 6.86. The SMILES string of the molecule is COC(=O)C[C@H]1c2cc(OC)c(OC)cc2CCN1S(=O)(=O)c1ccc(C(C)(C)C)cc1. The molecule has 7 nitrogen and oxygen atoms in total. The Morgan fingerprint density at radius 1 is 1.03 bits per heavy atom. The summed E-state index contributed by atoms with van der Waals surface area (Å²) in [5.74, 6) is 0.563. The van der Waals surface area contributed by atoms with Gasteiger partial charge in [-0.1, -0.05) is 32.9 Å². The quantitative estimate of drug-likeness (QED) is 0.608. The van der Waals surface area contributed by atoms with E-state index < -0.39 is 22.0 Å². The average molecular weight is 462 g/mol. The van der Waals surface area contributed by atoms with Crippen LogP contribution in [0.1, 0.15) is 49.9 Å². The fraction of sp³-hybridized carbons (Fsp3) is 0.458. The van der Waals surface area contributed by atoms with E-state index in [2.05, 4.69) is 20.8 Å². The molecule has 0 unspecified atom stereocenters. The van der Waals surface area contributed by atoms with Crippen LogP contribution >= 0.6 is 0 Å². The van der Waals surface area contributed by atoms with Gasteiger partial charge < -0.3 is 14.2 Å². The first-order valence-electron chi connectivity index (χ1n) is 10.5.